The summed E-state index contributed by atoms with van der Waals surface area (Å²) in [7, 11) is 0. The highest BCUT2D eigenvalue weighted by atomic mass is 35.5. The standard InChI is InChI=1S/C29H30ClN5O4/c30-20-5-1-18(2-6-20)15-25-31-13-11-27(34-25)39-21-7-3-19(4-8-21)16-26-32-23-9-10-24(29(36)37)33-28(23)35(26)17-22-12-14-38-22/h1-2,5-6,9-11,13,19,21-22H,3-4,7-8,12,14-17H2,(H,36,37). The van der Waals surface area contributed by atoms with Crippen LogP contribution in [0.15, 0.2) is 48.7 Å². The van der Waals surface area contributed by atoms with Crippen LogP contribution < -0.4 is 4.74 Å². The quantitative estimate of drug-likeness (QED) is 0.307. The Kier molecular flexibility index (Phi) is 7.43. The number of halogens is 1. The maximum absolute atomic E-state index is 11.5. The van der Waals surface area contributed by atoms with E-state index < -0.39 is 5.97 Å². The lowest BCUT2D eigenvalue weighted by Crippen LogP contribution is -2.32. The molecule has 10 heteroatoms. The first-order valence-corrected chi connectivity index (χ1v) is 13.8. The van der Waals surface area contributed by atoms with Gasteiger partial charge in [0.25, 0.3) is 0 Å². The van der Waals surface area contributed by atoms with E-state index >= 15 is 0 Å². The molecule has 1 atom stereocenters. The maximum Gasteiger partial charge on any atom is 0.354 e. The Bertz CT molecular complexity index is 1460. The molecule has 1 unspecified atom stereocenters. The van der Waals surface area contributed by atoms with Crippen molar-refractivity contribution in [2.75, 3.05) is 6.61 Å². The zero-order chi connectivity index (χ0) is 26.8. The van der Waals surface area contributed by atoms with Crippen molar-refractivity contribution in [2.45, 2.75) is 63.7 Å². The van der Waals surface area contributed by atoms with Crippen molar-refractivity contribution in [1.82, 2.24) is 24.5 Å². The minimum Gasteiger partial charge on any atom is -0.477 e. The van der Waals surface area contributed by atoms with E-state index in [0.29, 0.717) is 35.4 Å². The van der Waals surface area contributed by atoms with E-state index in [9.17, 15) is 9.90 Å². The van der Waals surface area contributed by atoms with Gasteiger partial charge in [-0.1, -0.05) is 23.7 Å². The van der Waals surface area contributed by atoms with Crippen molar-refractivity contribution in [3.05, 3.63) is 76.6 Å². The van der Waals surface area contributed by atoms with Crippen LogP contribution in [0.5, 0.6) is 5.88 Å². The molecule has 1 aliphatic carbocycles. The molecular formula is C29H30ClN5O4. The molecule has 1 aliphatic heterocycles. The van der Waals surface area contributed by atoms with Crippen LogP contribution in [0.4, 0.5) is 0 Å². The summed E-state index contributed by atoms with van der Waals surface area (Å²) in [4.78, 5) is 29.8. The van der Waals surface area contributed by atoms with Gasteiger partial charge in [-0.3, -0.25) is 0 Å². The SMILES string of the molecule is O=C(O)c1ccc2nc(CC3CCC(Oc4ccnc(Cc5ccc(Cl)cc5)n4)CC3)n(CC3CCO3)c2n1. The van der Waals surface area contributed by atoms with Crippen molar-refractivity contribution >= 4 is 28.7 Å². The minimum absolute atomic E-state index is 0.0310. The second-order valence-corrected chi connectivity index (χ2v) is 10.8. The first-order chi connectivity index (χ1) is 19.0. The number of rotatable bonds is 9. The van der Waals surface area contributed by atoms with E-state index in [1.54, 1.807) is 12.3 Å². The third-order valence-corrected chi connectivity index (χ3v) is 7.83. The smallest absolute Gasteiger partial charge is 0.354 e. The lowest BCUT2D eigenvalue weighted by atomic mass is 9.85. The summed E-state index contributed by atoms with van der Waals surface area (Å²) >= 11 is 5.99. The maximum atomic E-state index is 11.5. The number of carboxylic acid groups (broad SMARTS) is 1. The lowest BCUT2D eigenvalue weighted by Gasteiger charge is -2.30. The van der Waals surface area contributed by atoms with E-state index in [0.717, 1.165) is 67.9 Å². The van der Waals surface area contributed by atoms with Crippen LogP contribution in [0, 0.1) is 5.92 Å². The van der Waals surface area contributed by atoms with Crippen LogP contribution in [0.1, 0.15) is 59.8 Å². The predicted molar refractivity (Wildman–Crippen MR) is 145 cm³/mol. The molecule has 9 nitrogen and oxygen atoms in total. The molecule has 6 rings (SSSR count). The number of benzene rings is 1. The molecular weight excluding hydrogens is 518 g/mol. The highest BCUT2D eigenvalue weighted by Gasteiger charge is 2.27. The normalized spacial score (nSPS) is 21.0. The third-order valence-electron chi connectivity index (χ3n) is 7.58. The molecule has 1 saturated heterocycles. The third kappa shape index (κ3) is 6.04. The van der Waals surface area contributed by atoms with E-state index in [1.807, 2.05) is 30.3 Å². The summed E-state index contributed by atoms with van der Waals surface area (Å²) in [6.45, 7) is 1.41. The van der Waals surface area contributed by atoms with Crippen molar-refractivity contribution in [1.29, 1.82) is 0 Å². The lowest BCUT2D eigenvalue weighted by molar-refractivity contribution is -0.0591. The zero-order valence-electron chi connectivity index (χ0n) is 21.5. The predicted octanol–water partition coefficient (Wildman–Crippen LogP) is 5.13. The number of aromatic carboxylic acids is 1. The Balaban J connectivity index is 1.09. The van der Waals surface area contributed by atoms with Gasteiger partial charge in [0.2, 0.25) is 5.88 Å². The second-order valence-electron chi connectivity index (χ2n) is 10.3. The first kappa shape index (κ1) is 25.7. The molecule has 2 aliphatic rings. The average Bonchev–Trinajstić information content (AvgIpc) is 3.25. The van der Waals surface area contributed by atoms with E-state index in [2.05, 4.69) is 19.5 Å². The van der Waals surface area contributed by atoms with Gasteiger partial charge >= 0.3 is 5.97 Å². The fourth-order valence-electron chi connectivity index (χ4n) is 5.35. The van der Waals surface area contributed by atoms with Crippen LogP contribution in [-0.2, 0) is 24.1 Å². The van der Waals surface area contributed by atoms with Gasteiger partial charge in [0.15, 0.2) is 11.3 Å². The molecule has 3 aromatic heterocycles. The van der Waals surface area contributed by atoms with Crippen molar-refractivity contribution < 1.29 is 19.4 Å². The largest absolute Gasteiger partial charge is 0.477 e. The monoisotopic (exact) mass is 547 g/mol. The molecule has 4 heterocycles. The highest BCUT2D eigenvalue weighted by Crippen LogP contribution is 2.31. The Labute approximate surface area is 231 Å². The number of ether oxygens (including phenoxy) is 2. The topological polar surface area (TPSA) is 112 Å². The van der Waals surface area contributed by atoms with Gasteiger partial charge in [-0.05, 0) is 67.9 Å². The molecule has 1 aromatic carbocycles. The van der Waals surface area contributed by atoms with Gasteiger partial charge in [-0.25, -0.2) is 19.7 Å². The van der Waals surface area contributed by atoms with E-state index in [-0.39, 0.29) is 17.9 Å². The molecule has 4 aromatic rings. The van der Waals surface area contributed by atoms with Gasteiger partial charge in [-0.15, -0.1) is 0 Å². The average molecular weight is 548 g/mol. The summed E-state index contributed by atoms with van der Waals surface area (Å²) in [6, 6.07) is 12.8. The number of hydrogen-bond acceptors (Lipinski definition) is 7. The van der Waals surface area contributed by atoms with Crippen LogP contribution in [0.3, 0.4) is 0 Å². The van der Waals surface area contributed by atoms with Gasteiger partial charge in [-0.2, -0.15) is 4.98 Å². The minimum atomic E-state index is -1.04. The Morgan fingerprint density at radius 2 is 1.82 bits per heavy atom. The number of nitrogens with zero attached hydrogens (tertiary/aromatic N) is 5. The number of hydrogen-bond donors (Lipinski definition) is 1. The van der Waals surface area contributed by atoms with Gasteiger partial charge < -0.3 is 19.1 Å². The van der Waals surface area contributed by atoms with E-state index in [1.165, 1.54) is 6.07 Å². The molecule has 1 N–H and O–H groups in total. The summed E-state index contributed by atoms with van der Waals surface area (Å²) in [5.74, 6) is 1.71. The molecule has 0 amide bonds. The Morgan fingerprint density at radius 1 is 1.03 bits per heavy atom. The number of pyridine rings is 1. The van der Waals surface area contributed by atoms with Crippen molar-refractivity contribution in [3.63, 3.8) is 0 Å². The summed E-state index contributed by atoms with van der Waals surface area (Å²) in [5.41, 5.74) is 2.48. The number of aromatic nitrogens is 5. The summed E-state index contributed by atoms with van der Waals surface area (Å²) < 4.78 is 14.0. The fourth-order valence-corrected chi connectivity index (χ4v) is 5.47. The molecule has 0 spiro atoms. The van der Waals surface area contributed by atoms with Crippen LogP contribution >= 0.6 is 11.6 Å². The molecule has 202 valence electrons. The highest BCUT2D eigenvalue weighted by molar-refractivity contribution is 6.30. The number of carbonyl (C=O) groups is 1. The molecule has 39 heavy (non-hydrogen) atoms. The van der Waals surface area contributed by atoms with Crippen LogP contribution in [0.2, 0.25) is 5.02 Å². The molecule has 0 bridgehead atoms. The fraction of sp³-hybridized carbons (Fsp3) is 0.414. The summed E-state index contributed by atoms with van der Waals surface area (Å²) in [5, 5.41) is 10.1. The van der Waals surface area contributed by atoms with Crippen molar-refractivity contribution in [2.24, 2.45) is 5.92 Å². The number of fused-ring (bicyclic) bond motifs is 1. The second kappa shape index (κ2) is 11.3. The van der Waals surface area contributed by atoms with Gasteiger partial charge in [0.05, 0.1) is 12.6 Å². The van der Waals surface area contributed by atoms with Crippen LogP contribution in [-0.4, -0.2) is 54.4 Å². The first-order valence-electron chi connectivity index (χ1n) is 13.4. The van der Waals surface area contributed by atoms with Crippen molar-refractivity contribution in [3.8, 4) is 5.88 Å². The number of carboxylic acids is 1. The summed E-state index contributed by atoms with van der Waals surface area (Å²) in [6.07, 6.45) is 8.33. The molecule has 1 saturated carbocycles. The molecule has 2 fully saturated rings. The van der Waals surface area contributed by atoms with Gasteiger partial charge in [0.1, 0.15) is 23.3 Å². The van der Waals surface area contributed by atoms with E-state index in [4.69, 9.17) is 26.1 Å². The molecule has 0 radical (unpaired) electrons. The Hall–Kier alpha value is -3.56. The van der Waals surface area contributed by atoms with Gasteiger partial charge in [0, 0.05) is 36.7 Å². The number of imidazole rings is 1. The Morgan fingerprint density at radius 3 is 2.54 bits per heavy atom. The zero-order valence-corrected chi connectivity index (χ0v) is 22.3. The van der Waals surface area contributed by atoms with Crippen LogP contribution in [0.25, 0.3) is 11.2 Å².